The van der Waals surface area contributed by atoms with E-state index >= 15 is 0 Å². The van der Waals surface area contributed by atoms with E-state index in [9.17, 15) is 13.2 Å². The maximum atomic E-state index is 13.7. The van der Waals surface area contributed by atoms with Crippen LogP contribution in [0.3, 0.4) is 0 Å². The van der Waals surface area contributed by atoms with Crippen molar-refractivity contribution < 1.29 is 13.2 Å². The minimum atomic E-state index is -0.661. The summed E-state index contributed by atoms with van der Waals surface area (Å²) in [5, 5.41) is 2.79. The third-order valence-corrected chi connectivity index (χ3v) is 2.69. The van der Waals surface area contributed by atoms with Gasteiger partial charge in [-0.15, -0.1) is 0 Å². The topological polar surface area (TPSA) is 37.8 Å². The molecule has 2 rings (SSSR count). The van der Waals surface area contributed by atoms with E-state index in [0.29, 0.717) is 17.9 Å². The first-order valence-corrected chi connectivity index (χ1v) is 6.21. The Morgan fingerprint density at radius 2 is 1.70 bits per heavy atom. The number of nitrogens with zero attached hydrogens (tertiary/aromatic N) is 2. The molecule has 2 aromatic rings. The molecule has 3 nitrogen and oxygen atoms in total. The molecule has 106 valence electrons. The van der Waals surface area contributed by atoms with Crippen molar-refractivity contribution in [3.8, 4) is 0 Å². The van der Waals surface area contributed by atoms with Gasteiger partial charge in [0.05, 0.1) is 5.69 Å². The van der Waals surface area contributed by atoms with Gasteiger partial charge in [0.15, 0.2) is 11.6 Å². The highest BCUT2D eigenvalue weighted by molar-refractivity contribution is 5.38. The number of anilines is 1. The van der Waals surface area contributed by atoms with Gasteiger partial charge < -0.3 is 5.32 Å². The predicted molar refractivity (Wildman–Crippen MR) is 70.1 cm³/mol. The Morgan fingerprint density at radius 1 is 1.05 bits per heavy atom. The lowest BCUT2D eigenvalue weighted by Crippen LogP contribution is -2.09. The van der Waals surface area contributed by atoms with E-state index in [1.54, 1.807) is 0 Å². The molecular weight excluding hydrogens is 267 g/mol. The van der Waals surface area contributed by atoms with E-state index in [0.717, 1.165) is 6.07 Å². The van der Waals surface area contributed by atoms with E-state index in [2.05, 4.69) is 15.3 Å². The molecule has 1 aromatic heterocycles. The van der Waals surface area contributed by atoms with Crippen LogP contribution in [0.25, 0.3) is 0 Å². The van der Waals surface area contributed by atoms with Gasteiger partial charge in [0.25, 0.3) is 0 Å². The first kappa shape index (κ1) is 14.3. The number of aryl methyl sites for hydroxylation is 1. The largest absolute Gasteiger partial charge is 0.368 e. The van der Waals surface area contributed by atoms with Crippen molar-refractivity contribution in [2.24, 2.45) is 0 Å². The van der Waals surface area contributed by atoms with E-state index in [1.807, 2.05) is 6.92 Å². The Hall–Kier alpha value is -2.11. The van der Waals surface area contributed by atoms with Crippen LogP contribution in [0, 0.1) is 24.4 Å². The molecule has 0 atom stereocenters. The Bertz CT molecular complexity index is 609. The van der Waals surface area contributed by atoms with Gasteiger partial charge in [0.1, 0.15) is 17.5 Å². The van der Waals surface area contributed by atoms with Crippen molar-refractivity contribution in [1.82, 2.24) is 9.97 Å². The molecule has 0 fully saturated rings. The second-order valence-corrected chi connectivity index (χ2v) is 4.37. The van der Waals surface area contributed by atoms with Crippen molar-refractivity contribution in [2.75, 3.05) is 11.9 Å². The lowest BCUT2D eigenvalue weighted by molar-refractivity contribution is 0.579. The number of aromatic nitrogens is 2. The quantitative estimate of drug-likeness (QED) is 0.935. The number of benzene rings is 1. The van der Waals surface area contributed by atoms with Gasteiger partial charge >= 0.3 is 0 Å². The lowest BCUT2D eigenvalue weighted by Gasteiger charge is -2.09. The van der Waals surface area contributed by atoms with E-state index < -0.39 is 17.5 Å². The van der Waals surface area contributed by atoms with Gasteiger partial charge in [0, 0.05) is 19.0 Å². The summed E-state index contributed by atoms with van der Waals surface area (Å²) in [7, 11) is 0. The fourth-order valence-corrected chi connectivity index (χ4v) is 1.88. The Labute approximate surface area is 114 Å². The minimum Gasteiger partial charge on any atom is -0.368 e. The molecule has 0 saturated heterocycles. The Kier molecular flexibility index (Phi) is 4.22. The molecule has 20 heavy (non-hydrogen) atoms. The summed E-state index contributed by atoms with van der Waals surface area (Å²) in [5.41, 5.74) is 0.596. The lowest BCUT2D eigenvalue weighted by atomic mass is 10.1. The smallest absolute Gasteiger partial charge is 0.186 e. The molecule has 1 aromatic carbocycles. The fourth-order valence-electron chi connectivity index (χ4n) is 1.88. The molecule has 1 heterocycles. The van der Waals surface area contributed by atoms with Crippen LogP contribution >= 0.6 is 0 Å². The zero-order chi connectivity index (χ0) is 14.7. The minimum absolute atomic E-state index is 0.104. The number of nitrogens with one attached hydrogen (secondary N) is 1. The zero-order valence-electron chi connectivity index (χ0n) is 11.2. The van der Waals surface area contributed by atoms with Crippen molar-refractivity contribution in [3.63, 3.8) is 0 Å². The molecule has 0 radical (unpaired) electrons. The molecular formula is C14H14F3N3. The fraction of sp³-hybridized carbons (Fsp3) is 0.286. The Balaban J connectivity index is 2.33. The standard InChI is InChI=1S/C14H14F3N3/c1-3-18-14-13(17)8(2)19-12(20-14)6-9-4-10(15)7-11(16)5-9/h4-5,7H,3,6H2,1-2H3,(H,18,19,20). The van der Waals surface area contributed by atoms with Crippen LogP contribution in [0.5, 0.6) is 0 Å². The molecule has 0 bridgehead atoms. The number of halogens is 3. The van der Waals surface area contributed by atoms with Gasteiger partial charge in [-0.05, 0) is 31.5 Å². The monoisotopic (exact) mass is 281 g/mol. The summed E-state index contributed by atoms with van der Waals surface area (Å²) in [4.78, 5) is 8.03. The highest BCUT2D eigenvalue weighted by Gasteiger charge is 2.12. The molecule has 6 heteroatoms. The third-order valence-electron chi connectivity index (χ3n) is 2.69. The summed E-state index contributed by atoms with van der Waals surface area (Å²) in [6.45, 7) is 3.85. The molecule has 0 aliphatic carbocycles. The predicted octanol–water partition coefficient (Wildman–Crippen LogP) is 3.22. The Morgan fingerprint density at radius 3 is 2.30 bits per heavy atom. The maximum Gasteiger partial charge on any atom is 0.186 e. The molecule has 0 unspecified atom stereocenters. The molecule has 0 saturated carbocycles. The first-order chi connectivity index (χ1) is 9.49. The van der Waals surface area contributed by atoms with Crippen LogP contribution in [0.1, 0.15) is 24.0 Å². The number of rotatable bonds is 4. The maximum absolute atomic E-state index is 13.7. The summed E-state index contributed by atoms with van der Waals surface area (Å²) >= 11 is 0. The first-order valence-electron chi connectivity index (χ1n) is 6.21. The summed E-state index contributed by atoms with van der Waals surface area (Å²) in [6.07, 6.45) is 0.133. The average Bonchev–Trinajstić information content (AvgIpc) is 2.34. The summed E-state index contributed by atoms with van der Waals surface area (Å²) < 4.78 is 40.0. The van der Waals surface area contributed by atoms with Gasteiger partial charge in [0.2, 0.25) is 0 Å². The van der Waals surface area contributed by atoms with Crippen LogP contribution in [-0.4, -0.2) is 16.5 Å². The highest BCUT2D eigenvalue weighted by Crippen LogP contribution is 2.16. The zero-order valence-corrected chi connectivity index (χ0v) is 11.2. The van der Waals surface area contributed by atoms with Crippen molar-refractivity contribution >= 4 is 5.82 Å². The van der Waals surface area contributed by atoms with Crippen molar-refractivity contribution in [3.05, 3.63) is 52.7 Å². The molecule has 0 amide bonds. The molecule has 0 aliphatic heterocycles. The van der Waals surface area contributed by atoms with Gasteiger partial charge in [-0.3, -0.25) is 0 Å². The molecule has 0 aliphatic rings. The SMILES string of the molecule is CCNc1nc(Cc2cc(F)cc(F)c2)nc(C)c1F. The molecule has 1 N–H and O–H groups in total. The van der Waals surface area contributed by atoms with E-state index in [-0.39, 0.29) is 17.9 Å². The van der Waals surface area contributed by atoms with Crippen LogP contribution in [0.2, 0.25) is 0 Å². The normalized spacial score (nSPS) is 10.7. The second kappa shape index (κ2) is 5.90. The van der Waals surface area contributed by atoms with Crippen LogP contribution < -0.4 is 5.32 Å². The van der Waals surface area contributed by atoms with Gasteiger partial charge in [-0.25, -0.2) is 23.1 Å². The van der Waals surface area contributed by atoms with Crippen molar-refractivity contribution in [2.45, 2.75) is 20.3 Å². The number of hydrogen-bond acceptors (Lipinski definition) is 3. The molecule has 0 spiro atoms. The van der Waals surface area contributed by atoms with Crippen LogP contribution in [0.15, 0.2) is 18.2 Å². The van der Waals surface area contributed by atoms with Crippen LogP contribution in [-0.2, 0) is 6.42 Å². The van der Waals surface area contributed by atoms with Crippen molar-refractivity contribution in [1.29, 1.82) is 0 Å². The number of hydrogen-bond donors (Lipinski definition) is 1. The van der Waals surface area contributed by atoms with E-state index in [1.165, 1.54) is 19.1 Å². The highest BCUT2D eigenvalue weighted by atomic mass is 19.1. The summed E-state index contributed by atoms with van der Waals surface area (Å²) in [5.74, 6) is -1.42. The average molecular weight is 281 g/mol. The van der Waals surface area contributed by atoms with Gasteiger partial charge in [-0.1, -0.05) is 0 Å². The van der Waals surface area contributed by atoms with Crippen LogP contribution in [0.4, 0.5) is 19.0 Å². The van der Waals surface area contributed by atoms with E-state index in [4.69, 9.17) is 0 Å². The van der Waals surface area contributed by atoms with Gasteiger partial charge in [-0.2, -0.15) is 0 Å². The third kappa shape index (κ3) is 3.26. The second-order valence-electron chi connectivity index (χ2n) is 4.37. The summed E-state index contributed by atoms with van der Waals surface area (Å²) in [6, 6.07) is 3.21.